The van der Waals surface area contributed by atoms with Crippen LogP contribution in [-0.2, 0) is 34.0 Å². The summed E-state index contributed by atoms with van der Waals surface area (Å²) in [5, 5.41) is 26.7. The molecule has 0 amide bonds. The van der Waals surface area contributed by atoms with Crippen molar-refractivity contribution in [3.05, 3.63) is 108 Å². The third-order valence-electron chi connectivity index (χ3n) is 7.82. The van der Waals surface area contributed by atoms with Gasteiger partial charge in [0.05, 0.1) is 25.9 Å². The molecule has 1 saturated carbocycles. The summed E-state index contributed by atoms with van der Waals surface area (Å²) in [6, 6.07) is 29.1. The van der Waals surface area contributed by atoms with Crippen molar-refractivity contribution in [3.8, 4) is 0 Å². The minimum atomic E-state index is -0.980. The monoisotopic (exact) mass is 561 g/mol. The minimum Gasteiger partial charge on any atom is -0.389 e. The Morgan fingerprint density at radius 2 is 0.927 bits per heavy atom. The average molecular weight is 562 g/mol. The number of unbranched alkanes of at least 4 members (excludes halogenated alkanes) is 5. The van der Waals surface area contributed by atoms with E-state index in [1.807, 2.05) is 91.0 Å². The number of aliphatic hydroxyl groups excluding tert-OH is 2. The van der Waals surface area contributed by atoms with Gasteiger partial charge < -0.3 is 29.7 Å². The summed E-state index contributed by atoms with van der Waals surface area (Å²) in [5.74, 6) is 0. The van der Waals surface area contributed by atoms with Crippen molar-refractivity contribution < 1.29 is 24.4 Å². The Labute approximate surface area is 245 Å². The lowest BCUT2D eigenvalue weighted by Gasteiger charge is -2.47. The smallest absolute Gasteiger partial charge is 0.115 e. The Bertz CT molecular complexity index is 1030. The maximum atomic E-state index is 11.6. The topological polar surface area (TPSA) is 80.2 Å². The third-order valence-corrected chi connectivity index (χ3v) is 7.82. The van der Waals surface area contributed by atoms with E-state index in [4.69, 9.17) is 14.2 Å². The first-order valence-electron chi connectivity index (χ1n) is 15.2. The van der Waals surface area contributed by atoms with Crippen LogP contribution in [-0.4, -0.2) is 53.3 Å². The van der Waals surface area contributed by atoms with Gasteiger partial charge in [-0.05, 0) is 29.7 Å². The summed E-state index contributed by atoms with van der Waals surface area (Å²) in [7, 11) is 0. The van der Waals surface area contributed by atoms with E-state index in [0.29, 0.717) is 26.4 Å². The van der Waals surface area contributed by atoms with Crippen molar-refractivity contribution in [1.82, 2.24) is 5.32 Å². The predicted molar refractivity (Wildman–Crippen MR) is 162 cm³/mol. The molecular weight excluding hydrogens is 514 g/mol. The van der Waals surface area contributed by atoms with Crippen molar-refractivity contribution in [2.75, 3.05) is 6.54 Å². The van der Waals surface area contributed by atoms with E-state index in [1.165, 1.54) is 25.7 Å². The molecule has 4 rings (SSSR count). The molecule has 2 unspecified atom stereocenters. The van der Waals surface area contributed by atoms with E-state index in [0.717, 1.165) is 29.5 Å². The lowest BCUT2D eigenvalue weighted by atomic mass is 9.82. The maximum Gasteiger partial charge on any atom is 0.115 e. The molecule has 6 atom stereocenters. The van der Waals surface area contributed by atoms with Gasteiger partial charge in [-0.1, -0.05) is 130 Å². The Kier molecular flexibility index (Phi) is 13.3. The maximum absolute atomic E-state index is 11.6. The van der Waals surface area contributed by atoms with Crippen LogP contribution in [0.4, 0.5) is 0 Å². The number of ether oxygens (including phenoxy) is 3. The van der Waals surface area contributed by atoms with Crippen LogP contribution in [0.1, 0.15) is 62.1 Å². The predicted octanol–water partition coefficient (Wildman–Crippen LogP) is 5.80. The van der Waals surface area contributed by atoms with Gasteiger partial charge in [0.15, 0.2) is 0 Å². The number of hydrogen-bond donors (Lipinski definition) is 3. The fourth-order valence-corrected chi connectivity index (χ4v) is 5.48. The molecule has 0 radical (unpaired) electrons. The van der Waals surface area contributed by atoms with Gasteiger partial charge in [-0.25, -0.2) is 0 Å². The van der Waals surface area contributed by atoms with Crippen molar-refractivity contribution in [3.63, 3.8) is 0 Å². The van der Waals surface area contributed by atoms with E-state index < -0.39 is 36.6 Å². The van der Waals surface area contributed by atoms with Crippen LogP contribution < -0.4 is 5.32 Å². The van der Waals surface area contributed by atoms with E-state index in [2.05, 4.69) is 12.2 Å². The summed E-state index contributed by atoms with van der Waals surface area (Å²) in [4.78, 5) is 0. The number of nitrogens with one attached hydrogen (secondary N) is 1. The van der Waals surface area contributed by atoms with Gasteiger partial charge in [0.2, 0.25) is 0 Å². The van der Waals surface area contributed by atoms with Gasteiger partial charge in [-0.3, -0.25) is 0 Å². The van der Waals surface area contributed by atoms with Crippen molar-refractivity contribution >= 4 is 0 Å². The average Bonchev–Trinajstić information content (AvgIpc) is 3.01. The zero-order valence-electron chi connectivity index (χ0n) is 24.3. The molecule has 222 valence electrons. The molecule has 3 N–H and O–H groups in total. The molecule has 0 heterocycles. The first kappa shape index (κ1) is 31.4. The number of rotatable bonds is 17. The van der Waals surface area contributed by atoms with Crippen LogP contribution in [0.3, 0.4) is 0 Å². The minimum absolute atomic E-state index is 0.317. The van der Waals surface area contributed by atoms with E-state index >= 15 is 0 Å². The lowest BCUT2D eigenvalue weighted by molar-refractivity contribution is -0.240. The molecule has 0 saturated heterocycles. The highest BCUT2D eigenvalue weighted by molar-refractivity contribution is 5.16. The third kappa shape index (κ3) is 9.74. The second-order valence-electron chi connectivity index (χ2n) is 11.0. The molecule has 3 aromatic carbocycles. The number of hydrogen-bond acceptors (Lipinski definition) is 6. The molecular formula is C35H47NO5. The standard InChI is InChI=1S/C35H47NO5/c1-2-3-4-5-6-16-23-36-30-31(37)33(39-24-27-17-10-7-11-18-27)35(41-26-29-21-14-9-15-22-29)34(32(30)38)40-25-28-19-12-8-13-20-28/h7-15,17-22,30-38H,2-6,16,23-26H2,1H3/t30?,31-,32+,33+,34-,35?. The zero-order chi connectivity index (χ0) is 28.7. The first-order valence-corrected chi connectivity index (χ1v) is 15.2. The summed E-state index contributed by atoms with van der Waals surface area (Å²) < 4.78 is 19.3. The molecule has 6 nitrogen and oxygen atoms in total. The molecule has 3 aromatic rings. The second kappa shape index (κ2) is 17.4. The van der Waals surface area contributed by atoms with Crippen molar-refractivity contribution in [1.29, 1.82) is 0 Å². The summed E-state index contributed by atoms with van der Waals surface area (Å²) in [6.07, 6.45) is 2.99. The highest BCUT2D eigenvalue weighted by Crippen LogP contribution is 2.31. The van der Waals surface area contributed by atoms with Crippen LogP contribution in [0.15, 0.2) is 91.0 Å². The quantitative estimate of drug-likeness (QED) is 0.181. The highest BCUT2D eigenvalue weighted by Gasteiger charge is 2.51. The molecule has 1 fully saturated rings. The number of aliphatic hydroxyl groups is 2. The molecule has 0 spiro atoms. The van der Waals surface area contributed by atoms with E-state index in [-0.39, 0.29) is 0 Å². The van der Waals surface area contributed by atoms with Gasteiger partial charge in [0, 0.05) is 0 Å². The van der Waals surface area contributed by atoms with E-state index in [1.54, 1.807) is 0 Å². The van der Waals surface area contributed by atoms with Gasteiger partial charge in [-0.2, -0.15) is 0 Å². The normalized spacial score (nSPS) is 24.4. The van der Waals surface area contributed by atoms with Crippen LogP contribution in [0.25, 0.3) is 0 Å². The lowest BCUT2D eigenvalue weighted by Crippen LogP contribution is -2.69. The van der Waals surface area contributed by atoms with Crippen molar-refractivity contribution in [2.45, 2.75) is 102 Å². The fourth-order valence-electron chi connectivity index (χ4n) is 5.48. The zero-order valence-corrected chi connectivity index (χ0v) is 24.3. The molecule has 1 aliphatic rings. The van der Waals surface area contributed by atoms with Crippen molar-refractivity contribution in [2.24, 2.45) is 0 Å². The van der Waals surface area contributed by atoms with Crippen LogP contribution in [0, 0.1) is 0 Å². The molecule has 6 heteroatoms. The SMILES string of the molecule is CCCCCCCCNC1[C@@H](O)[C@H](OCc2ccccc2)C(OCc2ccccc2)[C@H](OCc2ccccc2)[C@H]1O. The molecule has 0 aromatic heterocycles. The molecule has 41 heavy (non-hydrogen) atoms. The largest absolute Gasteiger partial charge is 0.389 e. The summed E-state index contributed by atoms with van der Waals surface area (Å²) >= 11 is 0. The Balaban J connectivity index is 1.52. The van der Waals surface area contributed by atoms with E-state index in [9.17, 15) is 10.2 Å². The molecule has 0 aliphatic heterocycles. The highest BCUT2D eigenvalue weighted by atomic mass is 16.6. The fraction of sp³-hybridized carbons (Fsp3) is 0.486. The Hall–Kier alpha value is -2.58. The van der Waals surface area contributed by atoms with Gasteiger partial charge in [0.1, 0.15) is 30.5 Å². The summed E-state index contributed by atoms with van der Waals surface area (Å²) in [6.45, 7) is 3.88. The molecule has 1 aliphatic carbocycles. The first-order chi connectivity index (χ1) is 20.2. The van der Waals surface area contributed by atoms with Gasteiger partial charge >= 0.3 is 0 Å². The number of benzene rings is 3. The van der Waals surface area contributed by atoms with Crippen LogP contribution in [0.5, 0.6) is 0 Å². The Morgan fingerprint density at radius 1 is 0.537 bits per heavy atom. The summed E-state index contributed by atoms with van der Waals surface area (Å²) in [5.41, 5.74) is 3.01. The van der Waals surface area contributed by atoms with Gasteiger partial charge in [0.25, 0.3) is 0 Å². The molecule has 0 bridgehead atoms. The van der Waals surface area contributed by atoms with Crippen LogP contribution in [0.2, 0.25) is 0 Å². The van der Waals surface area contributed by atoms with Crippen LogP contribution >= 0.6 is 0 Å². The second-order valence-corrected chi connectivity index (χ2v) is 11.0. The Morgan fingerprint density at radius 3 is 1.37 bits per heavy atom. The van der Waals surface area contributed by atoms with Gasteiger partial charge in [-0.15, -0.1) is 0 Å².